The summed E-state index contributed by atoms with van der Waals surface area (Å²) in [4.78, 5) is 21.0. The fraction of sp³-hybridized carbons (Fsp3) is 0.632. The molecule has 0 aliphatic heterocycles. The number of hydrogen-bond acceptors (Lipinski definition) is 6. The van der Waals surface area contributed by atoms with Gasteiger partial charge in [0.25, 0.3) is 5.69 Å². The minimum Gasteiger partial charge on any atom is -0.272 e. The first-order chi connectivity index (χ1) is 12.9. The molecule has 27 heavy (non-hydrogen) atoms. The van der Waals surface area contributed by atoms with Crippen molar-refractivity contribution in [1.29, 1.82) is 0 Å². The first kappa shape index (κ1) is 17.9. The SMILES string of the molecule is CC/C(=N\Nc1ccc([N+](=O)[O-])cc1[N+](=O)[O-])C12CC3CC(CC(C3)C1)C2. The molecular weight excluding hydrogens is 348 g/mol. The lowest BCUT2D eigenvalue weighted by Crippen LogP contribution is -2.50. The van der Waals surface area contributed by atoms with E-state index < -0.39 is 9.85 Å². The Morgan fingerprint density at radius 2 is 1.70 bits per heavy atom. The number of benzene rings is 1. The van der Waals surface area contributed by atoms with Crippen molar-refractivity contribution in [1.82, 2.24) is 0 Å². The Morgan fingerprint density at radius 3 is 2.19 bits per heavy atom. The molecule has 1 aromatic carbocycles. The fourth-order valence-electron chi connectivity index (χ4n) is 6.04. The molecule has 4 fully saturated rings. The van der Waals surface area contributed by atoms with Crippen LogP contribution in [0.25, 0.3) is 0 Å². The molecule has 144 valence electrons. The Kier molecular flexibility index (Phi) is 4.36. The molecule has 8 heteroatoms. The van der Waals surface area contributed by atoms with Crippen LogP contribution in [0, 0.1) is 43.4 Å². The summed E-state index contributed by atoms with van der Waals surface area (Å²) in [5, 5.41) is 26.8. The molecular formula is C19H24N4O4. The van der Waals surface area contributed by atoms with E-state index in [1.165, 1.54) is 50.7 Å². The zero-order valence-electron chi connectivity index (χ0n) is 15.4. The average Bonchev–Trinajstić information content (AvgIpc) is 2.60. The zero-order chi connectivity index (χ0) is 19.2. The highest BCUT2D eigenvalue weighted by molar-refractivity contribution is 5.91. The van der Waals surface area contributed by atoms with E-state index in [1.807, 2.05) is 0 Å². The predicted molar refractivity (Wildman–Crippen MR) is 102 cm³/mol. The zero-order valence-corrected chi connectivity index (χ0v) is 15.4. The second-order valence-corrected chi connectivity index (χ2v) is 8.44. The number of rotatable bonds is 6. The summed E-state index contributed by atoms with van der Waals surface area (Å²) in [5.74, 6) is 2.38. The van der Waals surface area contributed by atoms with E-state index in [-0.39, 0.29) is 22.5 Å². The van der Waals surface area contributed by atoms with Gasteiger partial charge in [0.2, 0.25) is 0 Å². The van der Waals surface area contributed by atoms with Crippen LogP contribution in [-0.4, -0.2) is 15.6 Å². The van der Waals surface area contributed by atoms with Crippen molar-refractivity contribution in [2.45, 2.75) is 51.9 Å². The van der Waals surface area contributed by atoms with Crippen molar-refractivity contribution in [3.63, 3.8) is 0 Å². The van der Waals surface area contributed by atoms with Crippen molar-refractivity contribution >= 4 is 22.8 Å². The molecule has 8 nitrogen and oxygen atoms in total. The summed E-state index contributed by atoms with van der Waals surface area (Å²) < 4.78 is 0. The van der Waals surface area contributed by atoms with Crippen LogP contribution >= 0.6 is 0 Å². The summed E-state index contributed by atoms with van der Waals surface area (Å²) in [7, 11) is 0. The van der Waals surface area contributed by atoms with Gasteiger partial charge in [-0.2, -0.15) is 5.10 Å². The van der Waals surface area contributed by atoms with Crippen molar-refractivity contribution < 1.29 is 9.85 Å². The first-order valence-corrected chi connectivity index (χ1v) is 9.66. The van der Waals surface area contributed by atoms with Crippen LogP contribution in [0.2, 0.25) is 0 Å². The molecule has 0 atom stereocenters. The Bertz CT molecular complexity index is 785. The van der Waals surface area contributed by atoms with Gasteiger partial charge in [-0.25, -0.2) is 0 Å². The van der Waals surface area contributed by atoms with Crippen LogP contribution in [0.1, 0.15) is 51.9 Å². The van der Waals surface area contributed by atoms with Crippen LogP contribution in [0.15, 0.2) is 23.3 Å². The molecule has 1 aromatic rings. The van der Waals surface area contributed by atoms with Gasteiger partial charge in [-0.1, -0.05) is 6.92 Å². The Hall–Kier alpha value is -2.51. The maximum atomic E-state index is 11.3. The molecule has 0 unspecified atom stereocenters. The lowest BCUT2D eigenvalue weighted by Gasteiger charge is -2.57. The third-order valence-electron chi connectivity index (χ3n) is 6.69. The number of nitro groups is 2. The lowest BCUT2D eigenvalue weighted by molar-refractivity contribution is -0.393. The molecule has 4 saturated carbocycles. The largest absolute Gasteiger partial charge is 0.301 e. The molecule has 0 saturated heterocycles. The van der Waals surface area contributed by atoms with Crippen LogP contribution in [0.5, 0.6) is 0 Å². The summed E-state index contributed by atoms with van der Waals surface area (Å²) in [6.07, 6.45) is 8.37. The van der Waals surface area contributed by atoms with E-state index >= 15 is 0 Å². The maximum absolute atomic E-state index is 11.3. The minimum absolute atomic E-state index is 0.131. The van der Waals surface area contributed by atoms with Gasteiger partial charge in [0.05, 0.1) is 15.9 Å². The summed E-state index contributed by atoms with van der Waals surface area (Å²) in [6.45, 7) is 2.09. The molecule has 0 spiro atoms. The smallest absolute Gasteiger partial charge is 0.272 e. The number of nitro benzene ring substituents is 2. The van der Waals surface area contributed by atoms with E-state index in [1.54, 1.807) is 0 Å². The third kappa shape index (κ3) is 3.17. The van der Waals surface area contributed by atoms with Gasteiger partial charge in [0.1, 0.15) is 5.69 Å². The van der Waals surface area contributed by atoms with E-state index in [2.05, 4.69) is 17.5 Å². The Labute approximate surface area is 157 Å². The number of non-ortho nitro benzene ring substituents is 1. The lowest BCUT2D eigenvalue weighted by atomic mass is 9.48. The third-order valence-corrected chi connectivity index (χ3v) is 6.69. The normalized spacial score (nSPS) is 31.7. The summed E-state index contributed by atoms with van der Waals surface area (Å²) in [5.41, 5.74) is 3.66. The van der Waals surface area contributed by atoms with E-state index in [0.29, 0.717) is 0 Å². The van der Waals surface area contributed by atoms with Gasteiger partial charge < -0.3 is 0 Å². The Balaban J connectivity index is 1.61. The minimum atomic E-state index is -0.632. The number of nitrogens with one attached hydrogen (secondary N) is 1. The van der Waals surface area contributed by atoms with Gasteiger partial charge in [0, 0.05) is 17.2 Å². The topological polar surface area (TPSA) is 111 Å². The van der Waals surface area contributed by atoms with Crippen molar-refractivity contribution in [2.75, 3.05) is 5.43 Å². The fourth-order valence-corrected chi connectivity index (χ4v) is 6.04. The number of hydrazone groups is 1. The molecule has 5 rings (SSSR count). The van der Waals surface area contributed by atoms with Crippen LogP contribution in [-0.2, 0) is 0 Å². The van der Waals surface area contributed by atoms with E-state index in [0.717, 1.165) is 36.0 Å². The highest BCUT2D eigenvalue weighted by Gasteiger charge is 2.52. The van der Waals surface area contributed by atoms with E-state index in [4.69, 9.17) is 0 Å². The standard InChI is InChI=1S/C19H24N4O4/c1-2-18(19-9-12-5-13(10-19)7-14(6-12)11-19)21-20-16-4-3-15(22(24)25)8-17(16)23(26)27/h3-4,8,12-14,20H,2,5-7,9-11H2,1H3/b21-18+. The first-order valence-electron chi connectivity index (χ1n) is 9.66. The van der Waals surface area contributed by atoms with Crippen LogP contribution in [0.4, 0.5) is 17.1 Å². The molecule has 0 aromatic heterocycles. The monoisotopic (exact) mass is 372 g/mol. The molecule has 4 aliphatic rings. The Morgan fingerprint density at radius 1 is 1.11 bits per heavy atom. The average molecular weight is 372 g/mol. The van der Waals surface area contributed by atoms with Crippen molar-refractivity contribution in [2.24, 2.45) is 28.3 Å². The van der Waals surface area contributed by atoms with Crippen molar-refractivity contribution in [3.05, 3.63) is 38.4 Å². The number of hydrogen-bond donors (Lipinski definition) is 1. The highest BCUT2D eigenvalue weighted by atomic mass is 16.6. The summed E-state index contributed by atoms with van der Waals surface area (Å²) >= 11 is 0. The number of anilines is 1. The summed E-state index contributed by atoms with van der Waals surface area (Å²) in [6, 6.07) is 3.61. The maximum Gasteiger partial charge on any atom is 0.301 e. The van der Waals surface area contributed by atoms with Gasteiger partial charge in [-0.3, -0.25) is 25.7 Å². The molecule has 0 amide bonds. The predicted octanol–water partition coefficient (Wildman–Crippen LogP) is 4.90. The molecule has 4 bridgehead atoms. The molecule has 0 heterocycles. The second kappa shape index (κ2) is 6.58. The van der Waals surface area contributed by atoms with Gasteiger partial charge in [-0.05, 0) is 68.8 Å². The van der Waals surface area contributed by atoms with Crippen LogP contribution < -0.4 is 5.43 Å². The molecule has 1 N–H and O–H groups in total. The van der Waals surface area contributed by atoms with Crippen molar-refractivity contribution in [3.8, 4) is 0 Å². The highest BCUT2D eigenvalue weighted by Crippen LogP contribution is 2.60. The molecule has 0 radical (unpaired) electrons. The molecule has 4 aliphatic carbocycles. The van der Waals surface area contributed by atoms with Gasteiger partial charge in [0.15, 0.2) is 0 Å². The second-order valence-electron chi connectivity index (χ2n) is 8.44. The van der Waals surface area contributed by atoms with Gasteiger partial charge >= 0.3 is 5.69 Å². The number of nitrogens with zero attached hydrogens (tertiary/aromatic N) is 3. The quantitative estimate of drug-likeness (QED) is 0.434. The van der Waals surface area contributed by atoms with Crippen LogP contribution in [0.3, 0.4) is 0 Å². The van der Waals surface area contributed by atoms with Gasteiger partial charge in [-0.15, -0.1) is 0 Å². The van der Waals surface area contributed by atoms with E-state index in [9.17, 15) is 20.2 Å².